The van der Waals surface area contributed by atoms with Gasteiger partial charge in [-0.15, -0.1) is 0 Å². The van der Waals surface area contributed by atoms with Gasteiger partial charge in [-0.2, -0.15) is 0 Å². The van der Waals surface area contributed by atoms with Gasteiger partial charge in [-0.25, -0.2) is 0 Å². The lowest BCUT2D eigenvalue weighted by molar-refractivity contribution is -0.145. The monoisotopic (exact) mass is 263 g/mol. The van der Waals surface area contributed by atoms with Gasteiger partial charge in [0, 0.05) is 0 Å². The number of carboxylic acids is 1. The molecule has 1 heterocycles. The van der Waals surface area contributed by atoms with Gasteiger partial charge < -0.3 is 15.2 Å². The molecular weight excluding hydrogens is 242 g/mol. The largest absolute Gasteiger partial charge is 0.493 e. The molecule has 2 rings (SSSR count). The van der Waals surface area contributed by atoms with Crippen LogP contribution in [0.4, 0.5) is 0 Å². The van der Waals surface area contributed by atoms with Crippen molar-refractivity contribution < 1.29 is 14.6 Å². The fourth-order valence-electron chi connectivity index (χ4n) is 2.55. The second-order valence-electron chi connectivity index (χ2n) is 5.16. The van der Waals surface area contributed by atoms with Crippen molar-refractivity contribution >= 4 is 5.97 Å². The number of carbonyl (C=O) groups is 1. The summed E-state index contributed by atoms with van der Waals surface area (Å²) in [4.78, 5) is 11.4. The topological polar surface area (TPSA) is 58.6 Å². The number of aliphatic carboxylic acids is 1. The van der Waals surface area contributed by atoms with Crippen molar-refractivity contribution in [3.63, 3.8) is 0 Å². The fraction of sp³-hybridized carbons (Fsp3) is 0.533. The van der Waals surface area contributed by atoms with Crippen molar-refractivity contribution in [2.45, 2.75) is 19.8 Å². The minimum atomic E-state index is -0.750. The first-order valence-electron chi connectivity index (χ1n) is 6.80. The number of hydrogen-bond donors (Lipinski definition) is 2. The zero-order chi connectivity index (χ0) is 13.7. The smallest absolute Gasteiger partial charge is 0.310 e. The number of ether oxygens (including phenoxy) is 1. The first kappa shape index (κ1) is 13.9. The van der Waals surface area contributed by atoms with Gasteiger partial charge in [0.15, 0.2) is 0 Å². The zero-order valence-electron chi connectivity index (χ0n) is 11.3. The van der Waals surface area contributed by atoms with Gasteiger partial charge in [-0.05, 0) is 56.5 Å². The van der Waals surface area contributed by atoms with Gasteiger partial charge >= 0.3 is 5.97 Å². The molecule has 4 nitrogen and oxygen atoms in total. The van der Waals surface area contributed by atoms with Crippen LogP contribution in [0.1, 0.15) is 18.4 Å². The van der Waals surface area contributed by atoms with Crippen LogP contribution in [-0.2, 0) is 4.79 Å². The summed E-state index contributed by atoms with van der Waals surface area (Å²) in [5, 5.41) is 12.6. The molecular formula is C15H21NO3. The van der Waals surface area contributed by atoms with E-state index < -0.39 is 11.9 Å². The van der Waals surface area contributed by atoms with E-state index in [0.29, 0.717) is 0 Å². The molecule has 1 aliphatic heterocycles. The Kier molecular flexibility index (Phi) is 4.80. The lowest BCUT2D eigenvalue weighted by atomic mass is 9.85. The molecule has 1 saturated heterocycles. The van der Waals surface area contributed by atoms with Gasteiger partial charge in [0.05, 0.1) is 5.92 Å². The van der Waals surface area contributed by atoms with Crippen molar-refractivity contribution in [2.75, 3.05) is 19.7 Å². The Morgan fingerprint density at radius 1 is 1.47 bits per heavy atom. The molecule has 1 aromatic rings. The Morgan fingerprint density at radius 2 is 2.21 bits per heavy atom. The lowest BCUT2D eigenvalue weighted by Crippen LogP contribution is -2.37. The van der Waals surface area contributed by atoms with Crippen LogP contribution < -0.4 is 10.1 Å². The van der Waals surface area contributed by atoms with Crippen LogP contribution in [0.5, 0.6) is 5.75 Å². The maximum absolute atomic E-state index is 11.4. The van der Waals surface area contributed by atoms with Crippen molar-refractivity contribution in [1.29, 1.82) is 0 Å². The Hall–Kier alpha value is -1.55. The standard InChI is InChI=1S/C15H21NO3/c1-11-3-2-4-13(9-11)19-10-14(15(17)18)12-5-7-16-8-6-12/h2-4,9,12,14,16H,5-8,10H2,1H3,(H,17,18). The normalized spacial score (nSPS) is 17.9. The maximum Gasteiger partial charge on any atom is 0.310 e. The minimum Gasteiger partial charge on any atom is -0.493 e. The molecule has 19 heavy (non-hydrogen) atoms. The van der Waals surface area contributed by atoms with Crippen molar-refractivity contribution in [2.24, 2.45) is 11.8 Å². The molecule has 0 bridgehead atoms. The molecule has 1 atom stereocenters. The van der Waals surface area contributed by atoms with Crippen LogP contribution in [0, 0.1) is 18.8 Å². The van der Waals surface area contributed by atoms with E-state index in [2.05, 4.69) is 5.32 Å². The summed E-state index contributed by atoms with van der Waals surface area (Å²) in [5.41, 5.74) is 1.12. The quantitative estimate of drug-likeness (QED) is 0.854. The Bertz CT molecular complexity index is 427. The summed E-state index contributed by atoms with van der Waals surface area (Å²) in [6.45, 7) is 4.05. The highest BCUT2D eigenvalue weighted by molar-refractivity contribution is 5.70. The predicted octanol–water partition coefficient (Wildman–Crippen LogP) is 2.07. The molecule has 0 aromatic heterocycles. The number of aryl methyl sites for hydroxylation is 1. The van der Waals surface area contributed by atoms with Crippen LogP contribution in [0.15, 0.2) is 24.3 Å². The summed E-state index contributed by atoms with van der Waals surface area (Å²) in [6.07, 6.45) is 1.82. The van der Waals surface area contributed by atoms with Crippen LogP contribution in [0.25, 0.3) is 0 Å². The van der Waals surface area contributed by atoms with Crippen LogP contribution >= 0.6 is 0 Å². The van der Waals surface area contributed by atoms with Crippen molar-refractivity contribution in [3.05, 3.63) is 29.8 Å². The van der Waals surface area contributed by atoms with E-state index in [1.165, 1.54) is 0 Å². The average Bonchev–Trinajstić information content (AvgIpc) is 2.40. The van der Waals surface area contributed by atoms with Crippen molar-refractivity contribution in [3.8, 4) is 5.75 Å². The second kappa shape index (κ2) is 6.57. The Morgan fingerprint density at radius 3 is 2.84 bits per heavy atom. The first-order chi connectivity index (χ1) is 9.16. The molecule has 1 aromatic carbocycles. The highest BCUT2D eigenvalue weighted by Crippen LogP contribution is 2.24. The third-order valence-electron chi connectivity index (χ3n) is 3.69. The second-order valence-corrected chi connectivity index (χ2v) is 5.16. The van der Waals surface area contributed by atoms with Crippen molar-refractivity contribution in [1.82, 2.24) is 5.32 Å². The molecule has 0 aliphatic carbocycles. The highest BCUT2D eigenvalue weighted by atomic mass is 16.5. The molecule has 1 unspecified atom stereocenters. The van der Waals surface area contributed by atoms with E-state index >= 15 is 0 Å². The van der Waals surface area contributed by atoms with Gasteiger partial charge in [0.2, 0.25) is 0 Å². The van der Waals surface area contributed by atoms with E-state index in [1.807, 2.05) is 31.2 Å². The van der Waals surface area contributed by atoms with E-state index in [9.17, 15) is 9.90 Å². The molecule has 0 amide bonds. The molecule has 0 radical (unpaired) electrons. The van der Waals surface area contributed by atoms with Gasteiger partial charge in [0.1, 0.15) is 12.4 Å². The van der Waals surface area contributed by atoms with E-state index in [4.69, 9.17) is 4.74 Å². The molecule has 2 N–H and O–H groups in total. The number of carboxylic acid groups (broad SMARTS) is 1. The first-order valence-corrected chi connectivity index (χ1v) is 6.80. The number of hydrogen-bond acceptors (Lipinski definition) is 3. The number of nitrogens with one attached hydrogen (secondary N) is 1. The fourth-order valence-corrected chi connectivity index (χ4v) is 2.55. The van der Waals surface area contributed by atoms with Crippen LogP contribution in [0.2, 0.25) is 0 Å². The van der Waals surface area contributed by atoms with Gasteiger partial charge in [0.25, 0.3) is 0 Å². The number of benzene rings is 1. The summed E-state index contributed by atoms with van der Waals surface area (Å²) < 4.78 is 5.66. The molecule has 0 spiro atoms. The molecule has 4 heteroatoms. The van der Waals surface area contributed by atoms with Crippen LogP contribution in [-0.4, -0.2) is 30.8 Å². The Balaban J connectivity index is 1.95. The van der Waals surface area contributed by atoms with E-state index in [1.54, 1.807) is 0 Å². The molecule has 1 fully saturated rings. The number of piperidine rings is 1. The Labute approximate surface area is 113 Å². The molecule has 104 valence electrons. The van der Waals surface area contributed by atoms with Gasteiger partial charge in [-0.3, -0.25) is 4.79 Å². The summed E-state index contributed by atoms with van der Waals surface area (Å²) in [5.74, 6) is -0.203. The summed E-state index contributed by atoms with van der Waals surface area (Å²) in [6, 6.07) is 7.72. The molecule has 1 aliphatic rings. The highest BCUT2D eigenvalue weighted by Gasteiger charge is 2.29. The lowest BCUT2D eigenvalue weighted by Gasteiger charge is -2.28. The predicted molar refractivity (Wildman–Crippen MR) is 73.4 cm³/mol. The summed E-state index contributed by atoms with van der Waals surface area (Å²) in [7, 11) is 0. The minimum absolute atomic E-state index is 0.212. The third-order valence-corrected chi connectivity index (χ3v) is 3.69. The molecule has 0 saturated carbocycles. The SMILES string of the molecule is Cc1cccc(OCC(C(=O)O)C2CCNCC2)c1. The summed E-state index contributed by atoms with van der Waals surface area (Å²) >= 11 is 0. The van der Waals surface area contributed by atoms with Crippen LogP contribution in [0.3, 0.4) is 0 Å². The van der Waals surface area contributed by atoms with Gasteiger partial charge in [-0.1, -0.05) is 12.1 Å². The van der Waals surface area contributed by atoms with E-state index in [-0.39, 0.29) is 12.5 Å². The average molecular weight is 263 g/mol. The number of rotatable bonds is 5. The zero-order valence-corrected chi connectivity index (χ0v) is 11.3. The van der Waals surface area contributed by atoms with E-state index in [0.717, 1.165) is 37.2 Å². The maximum atomic E-state index is 11.4. The third kappa shape index (κ3) is 3.96.